The maximum atomic E-state index is 12.7. The number of aryl methyl sites for hydroxylation is 1. The Hall–Kier alpha value is -2.11. The van der Waals surface area contributed by atoms with Gasteiger partial charge < -0.3 is 20.4 Å². The van der Waals surface area contributed by atoms with E-state index in [0.717, 1.165) is 75.3 Å². The monoisotopic (exact) mass is 437 g/mol. The molecule has 1 aliphatic rings. The van der Waals surface area contributed by atoms with Gasteiger partial charge in [-0.1, -0.05) is 51.7 Å². The molecular weight excluding hydrogens is 397 g/mol. The topological polar surface area (TPSA) is 73.3 Å². The summed E-state index contributed by atoms with van der Waals surface area (Å²) in [5.41, 5.74) is 1.54. The summed E-state index contributed by atoms with van der Waals surface area (Å²) in [6.45, 7) is 7.65. The van der Waals surface area contributed by atoms with Crippen LogP contribution >= 0.6 is 0 Å². The van der Waals surface area contributed by atoms with Gasteiger partial charge in [0.15, 0.2) is 0 Å². The SMILES string of the molecule is [B]C(=N)C(CC1CCN(C(=O)Nc2cccc(C)c2)CC1)C(C=O)(CCCC)CCCC. The van der Waals surface area contributed by atoms with Crippen molar-refractivity contribution in [2.45, 2.75) is 78.6 Å². The van der Waals surface area contributed by atoms with Crippen LogP contribution in [0.5, 0.6) is 0 Å². The highest BCUT2D eigenvalue weighted by Crippen LogP contribution is 2.42. The fourth-order valence-electron chi connectivity index (χ4n) is 4.99. The van der Waals surface area contributed by atoms with Gasteiger partial charge in [0, 0.05) is 24.2 Å². The Bertz CT molecular complexity index is 751. The smallest absolute Gasteiger partial charge is 0.321 e. The molecule has 1 heterocycles. The molecule has 6 heteroatoms. The molecule has 0 spiro atoms. The number of anilines is 1. The van der Waals surface area contributed by atoms with Gasteiger partial charge in [0.05, 0.1) is 0 Å². The molecule has 2 rings (SSSR count). The molecule has 1 atom stereocenters. The molecule has 5 nitrogen and oxygen atoms in total. The molecule has 1 saturated heterocycles. The molecule has 1 fully saturated rings. The number of likely N-dealkylation sites (tertiary alicyclic amines) is 1. The van der Waals surface area contributed by atoms with Crippen molar-refractivity contribution >= 4 is 31.5 Å². The highest BCUT2D eigenvalue weighted by atomic mass is 16.2. The zero-order chi connectivity index (χ0) is 23.6. The molecule has 32 heavy (non-hydrogen) atoms. The molecular formula is C26H40BN3O2. The minimum atomic E-state index is -0.530. The Kier molecular flexibility index (Phi) is 10.5. The van der Waals surface area contributed by atoms with E-state index < -0.39 is 5.41 Å². The Morgan fingerprint density at radius 2 is 1.88 bits per heavy atom. The number of carbonyl (C=O) groups is 2. The number of amides is 2. The molecule has 2 amide bonds. The molecule has 1 aromatic carbocycles. The van der Waals surface area contributed by atoms with E-state index in [4.69, 9.17) is 13.3 Å². The van der Waals surface area contributed by atoms with Crippen molar-refractivity contribution in [3.8, 4) is 0 Å². The van der Waals surface area contributed by atoms with Crippen LogP contribution in [0, 0.1) is 29.6 Å². The van der Waals surface area contributed by atoms with E-state index in [1.54, 1.807) is 0 Å². The van der Waals surface area contributed by atoms with Gasteiger partial charge in [-0.05, 0) is 74.2 Å². The number of nitrogens with one attached hydrogen (secondary N) is 2. The zero-order valence-electron chi connectivity index (χ0n) is 20.2. The van der Waals surface area contributed by atoms with Crippen molar-refractivity contribution in [2.24, 2.45) is 17.3 Å². The number of carbonyl (C=O) groups excluding carboxylic acids is 2. The summed E-state index contributed by atoms with van der Waals surface area (Å²) in [6, 6.07) is 7.75. The Balaban J connectivity index is 2.00. The molecule has 2 radical (unpaired) electrons. The Morgan fingerprint density at radius 1 is 1.25 bits per heavy atom. The first-order valence-electron chi connectivity index (χ1n) is 12.3. The predicted octanol–water partition coefficient (Wildman–Crippen LogP) is 5.96. The van der Waals surface area contributed by atoms with Crippen LogP contribution in [0.25, 0.3) is 0 Å². The third-order valence-corrected chi connectivity index (χ3v) is 7.04. The van der Waals surface area contributed by atoms with Gasteiger partial charge >= 0.3 is 6.03 Å². The van der Waals surface area contributed by atoms with E-state index >= 15 is 0 Å². The second-order valence-corrected chi connectivity index (χ2v) is 9.53. The number of benzene rings is 1. The molecule has 1 unspecified atom stereocenters. The van der Waals surface area contributed by atoms with E-state index in [1.807, 2.05) is 36.1 Å². The molecule has 0 aliphatic carbocycles. The first-order chi connectivity index (χ1) is 15.3. The van der Waals surface area contributed by atoms with E-state index in [1.165, 1.54) is 0 Å². The van der Waals surface area contributed by atoms with Gasteiger partial charge in [-0.2, -0.15) is 0 Å². The summed E-state index contributed by atoms with van der Waals surface area (Å²) in [7, 11) is 6.08. The number of piperidine rings is 1. The van der Waals surface area contributed by atoms with Crippen molar-refractivity contribution in [1.29, 1.82) is 5.41 Å². The predicted molar refractivity (Wildman–Crippen MR) is 134 cm³/mol. The fraction of sp³-hybridized carbons (Fsp3) is 0.654. The molecule has 0 aromatic heterocycles. The van der Waals surface area contributed by atoms with Gasteiger partial charge in [-0.25, -0.2) is 4.79 Å². The van der Waals surface area contributed by atoms with Gasteiger partial charge in [0.25, 0.3) is 0 Å². The van der Waals surface area contributed by atoms with Crippen LogP contribution in [0.4, 0.5) is 10.5 Å². The molecule has 1 aliphatic heterocycles. The minimum absolute atomic E-state index is 0.0645. The lowest BCUT2D eigenvalue weighted by Gasteiger charge is -2.40. The number of rotatable bonds is 12. The van der Waals surface area contributed by atoms with Gasteiger partial charge in [0.1, 0.15) is 14.1 Å². The number of hydrogen-bond donors (Lipinski definition) is 2. The summed E-state index contributed by atoms with van der Waals surface area (Å²) >= 11 is 0. The molecule has 1 aromatic rings. The largest absolute Gasteiger partial charge is 0.325 e. The lowest BCUT2D eigenvalue weighted by molar-refractivity contribution is -0.119. The number of urea groups is 1. The average Bonchev–Trinajstić information content (AvgIpc) is 2.78. The first-order valence-corrected chi connectivity index (χ1v) is 12.3. The number of aldehydes is 1. The Labute approximate surface area is 195 Å². The van der Waals surface area contributed by atoms with Crippen molar-refractivity contribution in [3.05, 3.63) is 29.8 Å². The van der Waals surface area contributed by atoms with Crippen LogP contribution in [-0.4, -0.2) is 43.8 Å². The van der Waals surface area contributed by atoms with Crippen molar-refractivity contribution in [1.82, 2.24) is 4.90 Å². The second kappa shape index (κ2) is 12.8. The van der Waals surface area contributed by atoms with Crippen molar-refractivity contribution in [2.75, 3.05) is 18.4 Å². The van der Waals surface area contributed by atoms with Crippen molar-refractivity contribution < 1.29 is 9.59 Å². The molecule has 2 N–H and O–H groups in total. The third-order valence-electron chi connectivity index (χ3n) is 7.04. The average molecular weight is 437 g/mol. The summed E-state index contributed by atoms with van der Waals surface area (Å²) < 4.78 is 0. The summed E-state index contributed by atoms with van der Waals surface area (Å²) in [5.74, 6) is 0.158. The van der Waals surface area contributed by atoms with Crippen LogP contribution in [0.1, 0.15) is 77.2 Å². The van der Waals surface area contributed by atoms with Gasteiger partial charge in [-0.3, -0.25) is 0 Å². The van der Waals surface area contributed by atoms with Gasteiger partial charge in [0.2, 0.25) is 0 Å². The van der Waals surface area contributed by atoms with Crippen LogP contribution in [0.15, 0.2) is 24.3 Å². The van der Waals surface area contributed by atoms with E-state index in [2.05, 4.69) is 19.2 Å². The molecule has 0 saturated carbocycles. The molecule has 174 valence electrons. The van der Waals surface area contributed by atoms with Crippen LogP contribution in [-0.2, 0) is 4.79 Å². The molecule has 0 bridgehead atoms. The third kappa shape index (κ3) is 7.21. The van der Waals surface area contributed by atoms with E-state index in [9.17, 15) is 9.59 Å². The maximum absolute atomic E-state index is 12.7. The highest BCUT2D eigenvalue weighted by molar-refractivity contribution is 6.59. The lowest BCUT2D eigenvalue weighted by atomic mass is 9.61. The fourth-order valence-corrected chi connectivity index (χ4v) is 4.99. The number of unbranched alkanes of at least 4 members (excludes halogenated alkanes) is 2. The second-order valence-electron chi connectivity index (χ2n) is 9.53. The van der Waals surface area contributed by atoms with Crippen LogP contribution in [0.3, 0.4) is 0 Å². The summed E-state index contributed by atoms with van der Waals surface area (Å²) in [6.07, 6.45) is 9.23. The first kappa shape index (κ1) is 26.1. The van der Waals surface area contributed by atoms with Crippen LogP contribution in [0.2, 0.25) is 0 Å². The normalized spacial score (nSPS) is 15.9. The number of hydrogen-bond acceptors (Lipinski definition) is 3. The van der Waals surface area contributed by atoms with Gasteiger partial charge in [-0.15, -0.1) is 0 Å². The zero-order valence-corrected chi connectivity index (χ0v) is 20.2. The van der Waals surface area contributed by atoms with Crippen LogP contribution < -0.4 is 5.32 Å². The minimum Gasteiger partial charge on any atom is -0.325 e. The number of nitrogens with zero attached hydrogens (tertiary/aromatic N) is 1. The lowest BCUT2D eigenvalue weighted by Crippen LogP contribution is -2.43. The van der Waals surface area contributed by atoms with E-state index in [-0.39, 0.29) is 17.6 Å². The van der Waals surface area contributed by atoms with E-state index in [0.29, 0.717) is 19.0 Å². The standard InChI is InChI=1S/C26H40BN3O2/c1-4-6-13-26(19-31,14-7-5-2)23(24(27)28)18-21-11-15-30(16-12-21)25(32)29-22-10-8-9-20(3)17-22/h8-10,17,19,21,23,28H,4-7,11-16,18H2,1-3H3,(H,29,32). The summed E-state index contributed by atoms with van der Waals surface area (Å²) in [5, 5.41) is 11.3. The summed E-state index contributed by atoms with van der Waals surface area (Å²) in [4.78, 5) is 26.9. The maximum Gasteiger partial charge on any atom is 0.321 e. The quantitative estimate of drug-likeness (QED) is 0.241. The Morgan fingerprint density at radius 3 is 2.38 bits per heavy atom. The highest BCUT2D eigenvalue weighted by Gasteiger charge is 2.40. The van der Waals surface area contributed by atoms with Crippen molar-refractivity contribution in [3.63, 3.8) is 0 Å².